The minimum Gasteiger partial charge on any atom is -0.481 e. The smallest absolute Gasteiger partial charge is 0.318 e. The van der Waals surface area contributed by atoms with Gasteiger partial charge >= 0.3 is 12.0 Å². The molecule has 0 bridgehead atoms. The van der Waals surface area contributed by atoms with Gasteiger partial charge in [0.2, 0.25) is 0 Å². The maximum atomic E-state index is 12.4. The van der Waals surface area contributed by atoms with Crippen LogP contribution in [0.25, 0.3) is 0 Å². The van der Waals surface area contributed by atoms with E-state index in [1.54, 1.807) is 0 Å². The predicted molar refractivity (Wildman–Crippen MR) is 77.8 cm³/mol. The van der Waals surface area contributed by atoms with Crippen molar-refractivity contribution in [1.29, 1.82) is 0 Å². The lowest BCUT2D eigenvalue weighted by Gasteiger charge is -2.33. The third kappa shape index (κ3) is 5.36. The summed E-state index contributed by atoms with van der Waals surface area (Å²) in [6, 6.07) is 0.0703. The number of likely N-dealkylation sites (N-methyl/N-ethyl adjacent to an activating group) is 1. The first kappa shape index (κ1) is 16.8. The van der Waals surface area contributed by atoms with Crippen molar-refractivity contribution in [2.45, 2.75) is 51.6 Å². The van der Waals surface area contributed by atoms with Crippen molar-refractivity contribution < 1.29 is 14.7 Å². The van der Waals surface area contributed by atoms with Crippen molar-refractivity contribution >= 4 is 12.0 Å². The number of rotatable bonds is 4. The summed E-state index contributed by atoms with van der Waals surface area (Å²) in [5, 5.41) is 11.7. The van der Waals surface area contributed by atoms with Gasteiger partial charge in [-0.15, -0.1) is 0 Å². The van der Waals surface area contributed by atoms with Crippen molar-refractivity contribution in [3.63, 3.8) is 0 Å². The number of nitrogens with one attached hydrogen (secondary N) is 1. The Morgan fingerprint density at radius 3 is 2.60 bits per heavy atom. The predicted octanol–water partition coefficient (Wildman–Crippen LogP) is 1.37. The Labute approximate surface area is 121 Å². The molecule has 1 aliphatic rings. The molecule has 6 nitrogen and oxygen atoms in total. The number of carboxylic acids is 1. The number of aliphatic carboxylic acids is 1. The second-order valence-corrected chi connectivity index (χ2v) is 6.37. The molecule has 1 unspecified atom stereocenters. The van der Waals surface area contributed by atoms with Crippen LogP contribution in [0.3, 0.4) is 0 Å². The Morgan fingerprint density at radius 1 is 1.35 bits per heavy atom. The zero-order chi connectivity index (χ0) is 15.3. The Kier molecular flexibility index (Phi) is 5.80. The zero-order valence-corrected chi connectivity index (χ0v) is 13.0. The van der Waals surface area contributed by atoms with Gasteiger partial charge in [0, 0.05) is 31.1 Å². The van der Waals surface area contributed by atoms with E-state index in [4.69, 9.17) is 5.11 Å². The standard InChI is InChI=1S/C14H27N3O3/c1-11-10-16(4)8-5-9-17(11)13(20)15-14(2,3)7-6-12(18)19/h11H,5-10H2,1-4H3,(H,15,20)(H,18,19). The van der Waals surface area contributed by atoms with E-state index in [2.05, 4.69) is 17.3 Å². The second-order valence-electron chi connectivity index (χ2n) is 6.37. The van der Waals surface area contributed by atoms with Crippen LogP contribution in [0.2, 0.25) is 0 Å². The first-order valence-electron chi connectivity index (χ1n) is 7.20. The molecule has 1 fully saturated rings. The number of carbonyl (C=O) groups excluding carboxylic acids is 1. The average Bonchev–Trinajstić information content (AvgIpc) is 2.47. The summed E-state index contributed by atoms with van der Waals surface area (Å²) in [5.74, 6) is -0.836. The molecule has 1 heterocycles. The van der Waals surface area contributed by atoms with Crippen LogP contribution in [0.4, 0.5) is 4.79 Å². The van der Waals surface area contributed by atoms with Gasteiger partial charge in [-0.3, -0.25) is 4.79 Å². The third-order valence-electron chi connectivity index (χ3n) is 3.72. The van der Waals surface area contributed by atoms with Crippen molar-refractivity contribution in [1.82, 2.24) is 15.1 Å². The lowest BCUT2D eigenvalue weighted by Crippen LogP contribution is -2.53. The fourth-order valence-electron chi connectivity index (χ4n) is 2.52. The molecule has 1 atom stereocenters. The van der Waals surface area contributed by atoms with E-state index in [1.165, 1.54) is 0 Å². The minimum absolute atomic E-state index is 0.0611. The fourth-order valence-corrected chi connectivity index (χ4v) is 2.52. The molecular weight excluding hydrogens is 258 g/mol. The lowest BCUT2D eigenvalue weighted by molar-refractivity contribution is -0.137. The van der Waals surface area contributed by atoms with E-state index in [-0.39, 0.29) is 18.5 Å². The van der Waals surface area contributed by atoms with E-state index in [9.17, 15) is 9.59 Å². The lowest BCUT2D eigenvalue weighted by atomic mass is 9.98. The Balaban J connectivity index is 2.57. The molecule has 1 rings (SSSR count). The molecule has 2 amide bonds. The summed E-state index contributed by atoms with van der Waals surface area (Å²) in [6.07, 6.45) is 1.45. The molecule has 2 N–H and O–H groups in total. The molecule has 0 saturated carbocycles. The summed E-state index contributed by atoms with van der Waals surface area (Å²) in [5.41, 5.74) is -0.507. The molecule has 0 radical (unpaired) electrons. The minimum atomic E-state index is -0.836. The van der Waals surface area contributed by atoms with E-state index >= 15 is 0 Å². The molecule has 1 saturated heterocycles. The van der Waals surface area contributed by atoms with Crippen LogP contribution in [0, 0.1) is 0 Å². The van der Waals surface area contributed by atoms with Crippen LogP contribution in [-0.2, 0) is 4.79 Å². The summed E-state index contributed by atoms with van der Waals surface area (Å²) in [6.45, 7) is 8.38. The molecule has 0 aliphatic carbocycles. The molecule has 6 heteroatoms. The van der Waals surface area contributed by atoms with Crippen molar-refractivity contribution in [3.8, 4) is 0 Å². The molecule has 0 spiro atoms. The van der Waals surface area contributed by atoms with Crippen LogP contribution < -0.4 is 5.32 Å². The van der Waals surface area contributed by atoms with E-state index < -0.39 is 11.5 Å². The van der Waals surface area contributed by atoms with Gasteiger partial charge in [-0.25, -0.2) is 4.79 Å². The Morgan fingerprint density at radius 2 is 2.00 bits per heavy atom. The number of hydrogen-bond acceptors (Lipinski definition) is 3. The normalized spacial score (nSPS) is 21.4. The Bertz CT molecular complexity index is 358. The first-order valence-corrected chi connectivity index (χ1v) is 7.20. The highest BCUT2D eigenvalue weighted by atomic mass is 16.4. The number of urea groups is 1. The van der Waals surface area contributed by atoms with Crippen LogP contribution >= 0.6 is 0 Å². The molecule has 20 heavy (non-hydrogen) atoms. The molecule has 116 valence electrons. The second kappa shape index (κ2) is 6.92. The van der Waals surface area contributed by atoms with Gasteiger partial charge in [-0.1, -0.05) is 0 Å². The van der Waals surface area contributed by atoms with Crippen molar-refractivity contribution in [2.75, 3.05) is 26.7 Å². The van der Waals surface area contributed by atoms with Crippen molar-refractivity contribution in [3.05, 3.63) is 0 Å². The number of nitrogens with zero attached hydrogens (tertiary/aromatic N) is 2. The van der Waals surface area contributed by atoms with Crippen molar-refractivity contribution in [2.24, 2.45) is 0 Å². The van der Waals surface area contributed by atoms with Gasteiger partial charge in [0.25, 0.3) is 0 Å². The van der Waals surface area contributed by atoms with Gasteiger partial charge in [0.15, 0.2) is 0 Å². The summed E-state index contributed by atoms with van der Waals surface area (Å²) < 4.78 is 0. The zero-order valence-electron chi connectivity index (χ0n) is 13.0. The van der Waals surface area contributed by atoms with Crippen LogP contribution in [0.15, 0.2) is 0 Å². The van der Waals surface area contributed by atoms with E-state index in [0.717, 1.165) is 26.1 Å². The molecule has 0 aromatic heterocycles. The van der Waals surface area contributed by atoms with Gasteiger partial charge in [0.1, 0.15) is 0 Å². The maximum absolute atomic E-state index is 12.4. The van der Waals surface area contributed by atoms with Crippen LogP contribution in [0.1, 0.15) is 40.0 Å². The number of hydrogen-bond donors (Lipinski definition) is 2. The maximum Gasteiger partial charge on any atom is 0.318 e. The van der Waals surface area contributed by atoms with Crippen LogP contribution in [-0.4, -0.2) is 65.2 Å². The monoisotopic (exact) mass is 285 g/mol. The molecular formula is C14H27N3O3. The summed E-state index contributed by atoms with van der Waals surface area (Å²) in [4.78, 5) is 27.1. The quantitative estimate of drug-likeness (QED) is 0.818. The van der Waals surface area contributed by atoms with E-state index in [0.29, 0.717) is 6.42 Å². The highest BCUT2D eigenvalue weighted by Gasteiger charge is 2.28. The fraction of sp³-hybridized carbons (Fsp3) is 0.857. The number of carbonyl (C=O) groups is 2. The van der Waals surface area contributed by atoms with Crippen LogP contribution in [0.5, 0.6) is 0 Å². The number of carboxylic acid groups (broad SMARTS) is 1. The summed E-state index contributed by atoms with van der Waals surface area (Å²) in [7, 11) is 2.06. The SMILES string of the molecule is CC1CN(C)CCCN1C(=O)NC(C)(C)CCC(=O)O. The topological polar surface area (TPSA) is 72.9 Å². The molecule has 0 aromatic rings. The van der Waals surface area contributed by atoms with Gasteiger partial charge in [-0.05, 0) is 47.2 Å². The molecule has 0 aromatic carbocycles. The number of amides is 2. The van der Waals surface area contributed by atoms with Gasteiger partial charge < -0.3 is 20.2 Å². The van der Waals surface area contributed by atoms with Gasteiger partial charge in [0.05, 0.1) is 0 Å². The largest absolute Gasteiger partial charge is 0.481 e. The third-order valence-corrected chi connectivity index (χ3v) is 3.72. The molecule has 1 aliphatic heterocycles. The summed E-state index contributed by atoms with van der Waals surface area (Å²) >= 11 is 0. The highest BCUT2D eigenvalue weighted by molar-refractivity contribution is 5.75. The first-order chi connectivity index (χ1) is 9.21. The van der Waals surface area contributed by atoms with Gasteiger partial charge in [-0.2, -0.15) is 0 Å². The highest BCUT2D eigenvalue weighted by Crippen LogP contribution is 2.14. The Hall–Kier alpha value is -1.30. The van der Waals surface area contributed by atoms with E-state index in [1.807, 2.05) is 25.7 Å². The average molecular weight is 285 g/mol.